The van der Waals surface area contributed by atoms with E-state index in [0.29, 0.717) is 10.7 Å². The maximum Gasteiger partial charge on any atom is 0.181 e. The zero-order valence-corrected chi connectivity index (χ0v) is 10.6. The first-order valence-electron chi connectivity index (χ1n) is 5.21. The Morgan fingerprint density at radius 3 is 2.65 bits per heavy atom. The van der Waals surface area contributed by atoms with Crippen molar-refractivity contribution in [3.8, 4) is 5.69 Å². The molecule has 0 N–H and O–H groups in total. The summed E-state index contributed by atoms with van der Waals surface area (Å²) in [5, 5.41) is 8.55. The van der Waals surface area contributed by atoms with Crippen LogP contribution in [0.15, 0.2) is 18.2 Å². The van der Waals surface area contributed by atoms with Crippen molar-refractivity contribution < 1.29 is 4.79 Å². The standard InChI is InChI=1S/C12H12ClN3O/c1-7-10(13)5-4-6-11(7)16-8(2)12(9(3)17)14-15-16/h4-6H,1-3H3. The predicted molar refractivity (Wildman–Crippen MR) is 65.8 cm³/mol. The Hall–Kier alpha value is -1.68. The van der Waals surface area contributed by atoms with Gasteiger partial charge < -0.3 is 0 Å². The van der Waals surface area contributed by atoms with Crippen LogP contribution in [0.2, 0.25) is 5.02 Å². The van der Waals surface area contributed by atoms with Gasteiger partial charge >= 0.3 is 0 Å². The zero-order valence-electron chi connectivity index (χ0n) is 9.86. The van der Waals surface area contributed by atoms with Gasteiger partial charge in [-0.3, -0.25) is 4.79 Å². The lowest BCUT2D eigenvalue weighted by atomic mass is 10.2. The first kappa shape index (κ1) is 11.8. The topological polar surface area (TPSA) is 47.8 Å². The fourth-order valence-electron chi connectivity index (χ4n) is 1.71. The second kappa shape index (κ2) is 4.30. The van der Waals surface area contributed by atoms with Crippen molar-refractivity contribution in [2.24, 2.45) is 0 Å². The fraction of sp³-hybridized carbons (Fsp3) is 0.250. The summed E-state index contributed by atoms with van der Waals surface area (Å²) in [6.07, 6.45) is 0. The maximum atomic E-state index is 11.3. The van der Waals surface area contributed by atoms with Gasteiger partial charge in [-0.05, 0) is 31.5 Å². The highest BCUT2D eigenvalue weighted by Crippen LogP contribution is 2.23. The molecule has 0 atom stereocenters. The normalized spacial score (nSPS) is 10.6. The predicted octanol–water partition coefficient (Wildman–Crippen LogP) is 2.74. The van der Waals surface area contributed by atoms with Gasteiger partial charge in [-0.1, -0.05) is 22.9 Å². The van der Waals surface area contributed by atoms with E-state index in [9.17, 15) is 4.79 Å². The van der Waals surface area contributed by atoms with Crippen LogP contribution in [0.4, 0.5) is 0 Å². The Kier molecular flexibility index (Phi) is 2.98. The summed E-state index contributed by atoms with van der Waals surface area (Å²) in [6, 6.07) is 5.56. The van der Waals surface area contributed by atoms with E-state index in [1.54, 1.807) is 4.68 Å². The maximum absolute atomic E-state index is 11.3. The fourth-order valence-corrected chi connectivity index (χ4v) is 1.88. The molecule has 0 saturated heterocycles. The van der Waals surface area contributed by atoms with Crippen LogP contribution in [0.3, 0.4) is 0 Å². The molecule has 0 bridgehead atoms. The Bertz CT molecular complexity index is 589. The van der Waals surface area contributed by atoms with Crippen LogP contribution in [0.5, 0.6) is 0 Å². The third kappa shape index (κ3) is 1.96. The average molecular weight is 250 g/mol. The third-order valence-electron chi connectivity index (χ3n) is 2.70. The highest BCUT2D eigenvalue weighted by molar-refractivity contribution is 6.31. The van der Waals surface area contributed by atoms with E-state index in [0.717, 1.165) is 16.9 Å². The molecule has 0 saturated carbocycles. The quantitative estimate of drug-likeness (QED) is 0.769. The van der Waals surface area contributed by atoms with Gasteiger partial charge in [-0.2, -0.15) is 0 Å². The lowest BCUT2D eigenvalue weighted by Crippen LogP contribution is -2.03. The second-order valence-corrected chi connectivity index (χ2v) is 4.28. The van der Waals surface area contributed by atoms with Gasteiger partial charge in [0.15, 0.2) is 11.5 Å². The highest BCUT2D eigenvalue weighted by atomic mass is 35.5. The summed E-state index contributed by atoms with van der Waals surface area (Å²) in [5.41, 5.74) is 2.87. The van der Waals surface area contributed by atoms with E-state index in [2.05, 4.69) is 10.3 Å². The molecule has 0 amide bonds. The minimum absolute atomic E-state index is 0.0894. The van der Waals surface area contributed by atoms with Crippen LogP contribution in [-0.4, -0.2) is 20.8 Å². The van der Waals surface area contributed by atoms with Crippen LogP contribution >= 0.6 is 11.6 Å². The van der Waals surface area contributed by atoms with E-state index in [-0.39, 0.29) is 5.78 Å². The van der Waals surface area contributed by atoms with Gasteiger partial charge in [-0.25, -0.2) is 4.68 Å². The molecule has 1 aromatic carbocycles. The number of ketones is 1. The molecule has 0 radical (unpaired) electrons. The molecule has 4 nitrogen and oxygen atoms in total. The van der Waals surface area contributed by atoms with Gasteiger partial charge in [0.2, 0.25) is 0 Å². The van der Waals surface area contributed by atoms with Crippen LogP contribution in [-0.2, 0) is 0 Å². The second-order valence-electron chi connectivity index (χ2n) is 3.88. The molecular weight excluding hydrogens is 238 g/mol. The van der Waals surface area contributed by atoms with Crippen molar-refractivity contribution in [2.75, 3.05) is 0 Å². The largest absolute Gasteiger partial charge is 0.293 e. The third-order valence-corrected chi connectivity index (χ3v) is 3.10. The van der Waals surface area contributed by atoms with Crippen LogP contribution in [0, 0.1) is 13.8 Å². The molecule has 5 heteroatoms. The lowest BCUT2D eigenvalue weighted by Gasteiger charge is -2.08. The molecule has 2 aromatic rings. The van der Waals surface area contributed by atoms with E-state index in [4.69, 9.17) is 11.6 Å². The molecule has 0 fully saturated rings. The van der Waals surface area contributed by atoms with Crippen LogP contribution in [0.25, 0.3) is 5.69 Å². The first-order valence-corrected chi connectivity index (χ1v) is 5.59. The summed E-state index contributed by atoms with van der Waals surface area (Å²) < 4.78 is 1.64. The minimum atomic E-state index is -0.0894. The average Bonchev–Trinajstić information content (AvgIpc) is 2.64. The zero-order chi connectivity index (χ0) is 12.6. The van der Waals surface area contributed by atoms with Crippen molar-refractivity contribution in [1.82, 2.24) is 15.0 Å². The molecular formula is C12H12ClN3O. The van der Waals surface area contributed by atoms with E-state index < -0.39 is 0 Å². The number of rotatable bonds is 2. The van der Waals surface area contributed by atoms with Crippen molar-refractivity contribution >= 4 is 17.4 Å². The number of halogens is 1. The number of benzene rings is 1. The number of Topliss-reactive ketones (excluding diaryl/α,β-unsaturated/α-hetero) is 1. The molecule has 88 valence electrons. The van der Waals surface area contributed by atoms with Crippen molar-refractivity contribution in [2.45, 2.75) is 20.8 Å². The van der Waals surface area contributed by atoms with Crippen molar-refractivity contribution in [1.29, 1.82) is 0 Å². The summed E-state index contributed by atoms with van der Waals surface area (Å²) in [6.45, 7) is 5.20. The van der Waals surface area contributed by atoms with E-state index in [1.807, 2.05) is 32.0 Å². The molecule has 2 rings (SSSR count). The van der Waals surface area contributed by atoms with Gasteiger partial charge in [0.05, 0.1) is 11.4 Å². The monoisotopic (exact) mass is 249 g/mol. The number of carbonyl (C=O) groups is 1. The van der Waals surface area contributed by atoms with E-state index in [1.165, 1.54) is 6.92 Å². The number of carbonyl (C=O) groups excluding carboxylic acids is 1. The molecule has 0 spiro atoms. The molecule has 0 aliphatic carbocycles. The summed E-state index contributed by atoms with van der Waals surface area (Å²) in [7, 11) is 0. The summed E-state index contributed by atoms with van der Waals surface area (Å²) in [5.74, 6) is -0.0894. The number of hydrogen-bond acceptors (Lipinski definition) is 3. The van der Waals surface area contributed by atoms with Crippen molar-refractivity contribution in [3.05, 3.63) is 40.2 Å². The van der Waals surface area contributed by atoms with Gasteiger partial charge in [0, 0.05) is 11.9 Å². The lowest BCUT2D eigenvalue weighted by molar-refractivity contribution is 0.101. The molecule has 1 aromatic heterocycles. The Labute approximate surface area is 104 Å². The number of aromatic nitrogens is 3. The van der Waals surface area contributed by atoms with Gasteiger partial charge in [-0.15, -0.1) is 5.10 Å². The number of nitrogens with zero attached hydrogens (tertiary/aromatic N) is 3. The minimum Gasteiger partial charge on any atom is -0.293 e. The smallest absolute Gasteiger partial charge is 0.181 e. The molecule has 0 unspecified atom stereocenters. The van der Waals surface area contributed by atoms with E-state index >= 15 is 0 Å². The Morgan fingerprint density at radius 1 is 1.35 bits per heavy atom. The summed E-state index contributed by atoms with van der Waals surface area (Å²) in [4.78, 5) is 11.3. The molecule has 0 aliphatic heterocycles. The highest BCUT2D eigenvalue weighted by Gasteiger charge is 2.15. The Balaban J connectivity index is 2.62. The van der Waals surface area contributed by atoms with Gasteiger partial charge in [0.25, 0.3) is 0 Å². The van der Waals surface area contributed by atoms with Crippen molar-refractivity contribution in [3.63, 3.8) is 0 Å². The van der Waals surface area contributed by atoms with Crippen LogP contribution in [0.1, 0.15) is 28.7 Å². The molecule has 0 aliphatic rings. The number of hydrogen-bond donors (Lipinski definition) is 0. The van der Waals surface area contributed by atoms with Crippen LogP contribution < -0.4 is 0 Å². The Morgan fingerprint density at radius 2 is 2.06 bits per heavy atom. The summed E-state index contributed by atoms with van der Waals surface area (Å²) >= 11 is 6.06. The molecule has 17 heavy (non-hydrogen) atoms. The molecule has 1 heterocycles. The first-order chi connectivity index (χ1) is 8.02. The van der Waals surface area contributed by atoms with Gasteiger partial charge in [0.1, 0.15) is 0 Å². The SMILES string of the molecule is CC(=O)c1nnn(-c2cccc(Cl)c2C)c1C.